The molecule has 4 aromatic heterocycles. The normalized spacial score (nSPS) is 13.9. The van der Waals surface area contributed by atoms with Gasteiger partial charge in [-0.3, -0.25) is 4.68 Å². The highest BCUT2D eigenvalue weighted by atomic mass is 19.1. The van der Waals surface area contributed by atoms with Gasteiger partial charge in [0.2, 0.25) is 5.82 Å². The summed E-state index contributed by atoms with van der Waals surface area (Å²) in [6.07, 6.45) is 2.09. The molecule has 0 saturated carbocycles. The third kappa shape index (κ3) is 5.20. The summed E-state index contributed by atoms with van der Waals surface area (Å²) in [5.74, 6) is -0.0769. The SMILES string of the molecule is COC(=O)C(OC(C)(C)C)c1c(C)nc2c(cc(-c3nc(-c4ccc5c(cnn5C)c4)no3)n2C)c1-c1cc(F)c2c(c1C)CCCO2. The first kappa shape index (κ1) is 31.5. The minimum absolute atomic E-state index is 0.276. The number of halogens is 1. The van der Waals surface area contributed by atoms with Gasteiger partial charge in [0.1, 0.15) is 11.3 Å². The smallest absolute Gasteiger partial charge is 0.339 e. The molecule has 0 radical (unpaired) electrons. The summed E-state index contributed by atoms with van der Waals surface area (Å²) < 4.78 is 42.7. The minimum atomic E-state index is -1.14. The van der Waals surface area contributed by atoms with E-state index in [1.165, 1.54) is 13.2 Å². The summed E-state index contributed by atoms with van der Waals surface area (Å²) in [6, 6.07) is 9.23. The molecule has 7 rings (SSSR count). The summed E-state index contributed by atoms with van der Waals surface area (Å²) in [6.45, 7) is 9.83. The zero-order valence-corrected chi connectivity index (χ0v) is 28.3. The highest BCUT2D eigenvalue weighted by Gasteiger charge is 2.35. The molecule has 1 unspecified atom stereocenters. The van der Waals surface area contributed by atoms with E-state index in [-0.39, 0.29) is 11.6 Å². The largest absolute Gasteiger partial charge is 0.490 e. The molecular formula is C36H37FN6O5. The Kier molecular flexibility index (Phi) is 7.58. The van der Waals surface area contributed by atoms with Gasteiger partial charge in [-0.2, -0.15) is 10.1 Å². The first-order chi connectivity index (χ1) is 22.9. The maximum absolute atomic E-state index is 15.8. The number of esters is 1. The second-order valence-electron chi connectivity index (χ2n) is 13.2. The molecule has 1 aliphatic heterocycles. The van der Waals surface area contributed by atoms with E-state index in [1.54, 1.807) is 10.9 Å². The molecule has 1 atom stereocenters. The highest BCUT2D eigenvalue weighted by Crippen LogP contribution is 2.45. The lowest BCUT2D eigenvalue weighted by atomic mass is 9.86. The fourth-order valence-corrected chi connectivity index (χ4v) is 6.62. The van der Waals surface area contributed by atoms with E-state index in [9.17, 15) is 4.79 Å². The molecule has 0 bridgehead atoms. The molecule has 248 valence electrons. The fourth-order valence-electron chi connectivity index (χ4n) is 6.62. The first-order valence-electron chi connectivity index (χ1n) is 15.8. The van der Waals surface area contributed by atoms with Crippen LogP contribution in [-0.2, 0) is 34.8 Å². The summed E-state index contributed by atoms with van der Waals surface area (Å²) in [5, 5.41) is 10.2. The van der Waals surface area contributed by atoms with Crippen LogP contribution in [0.2, 0.25) is 0 Å². The monoisotopic (exact) mass is 652 g/mol. The van der Waals surface area contributed by atoms with Crippen LogP contribution in [0.25, 0.3) is 56.0 Å². The van der Waals surface area contributed by atoms with Gasteiger partial charge in [0.05, 0.1) is 31.0 Å². The Balaban J connectivity index is 1.47. The molecule has 0 spiro atoms. The Morgan fingerprint density at radius 3 is 2.65 bits per heavy atom. The summed E-state index contributed by atoms with van der Waals surface area (Å²) in [5.41, 5.74) is 6.16. The maximum Gasteiger partial charge on any atom is 0.339 e. The average Bonchev–Trinajstić information content (AvgIpc) is 3.78. The van der Waals surface area contributed by atoms with Gasteiger partial charge in [0.15, 0.2) is 17.7 Å². The van der Waals surface area contributed by atoms with Gasteiger partial charge in [-0.05, 0) is 88.9 Å². The number of aromatic nitrogens is 6. The molecule has 2 aromatic carbocycles. The Morgan fingerprint density at radius 2 is 1.90 bits per heavy atom. The van der Waals surface area contributed by atoms with Gasteiger partial charge < -0.3 is 23.3 Å². The van der Waals surface area contributed by atoms with Crippen LogP contribution in [0, 0.1) is 19.7 Å². The van der Waals surface area contributed by atoms with Crippen LogP contribution >= 0.6 is 0 Å². The number of ether oxygens (including phenoxy) is 3. The van der Waals surface area contributed by atoms with Crippen LogP contribution in [0.3, 0.4) is 0 Å². The molecule has 0 saturated heterocycles. The van der Waals surface area contributed by atoms with Crippen LogP contribution in [0.1, 0.15) is 55.7 Å². The Labute approximate surface area is 276 Å². The first-order valence-corrected chi connectivity index (χ1v) is 15.8. The zero-order chi connectivity index (χ0) is 34.1. The average molecular weight is 653 g/mol. The van der Waals surface area contributed by atoms with E-state index in [0.717, 1.165) is 34.0 Å². The number of aryl methyl sites for hydroxylation is 3. The second kappa shape index (κ2) is 11.6. The topological polar surface area (TPSA) is 119 Å². The van der Waals surface area contributed by atoms with Crippen LogP contribution in [-0.4, -0.2) is 54.8 Å². The van der Waals surface area contributed by atoms with Gasteiger partial charge in [-0.15, -0.1) is 0 Å². The summed E-state index contributed by atoms with van der Waals surface area (Å²) in [7, 11) is 5.07. The lowest BCUT2D eigenvalue weighted by Crippen LogP contribution is -2.29. The standard InChI is InChI=1S/C36H37FN6O5/c1-18-22-10-9-13-46-30(22)25(37)15-23(18)29-24-16-27(34-40-32(41-48-34)20-11-12-26-21(14-20)17-38-43(26)7)42(6)33(24)39-19(2)28(29)31(35(44)45-8)47-36(3,4)5/h11-12,14-17,31H,9-10,13H2,1-8H3. The van der Waals surface area contributed by atoms with Crippen molar-refractivity contribution < 1.29 is 27.9 Å². The Hall–Kier alpha value is -5.10. The Bertz CT molecular complexity index is 2240. The zero-order valence-electron chi connectivity index (χ0n) is 28.3. The van der Waals surface area contributed by atoms with Crippen LogP contribution in [0.4, 0.5) is 4.39 Å². The molecule has 12 heteroatoms. The fraction of sp³-hybridized carbons (Fsp3) is 0.361. The van der Waals surface area contributed by atoms with E-state index >= 15 is 4.39 Å². The van der Waals surface area contributed by atoms with E-state index in [0.29, 0.717) is 58.0 Å². The van der Waals surface area contributed by atoms with Crippen molar-refractivity contribution in [2.75, 3.05) is 13.7 Å². The van der Waals surface area contributed by atoms with Crippen LogP contribution in [0.5, 0.6) is 5.75 Å². The number of rotatable bonds is 6. The van der Waals surface area contributed by atoms with Crippen molar-refractivity contribution in [1.29, 1.82) is 0 Å². The third-order valence-corrected chi connectivity index (χ3v) is 8.91. The minimum Gasteiger partial charge on any atom is -0.490 e. The molecular weight excluding hydrogens is 615 g/mol. The number of hydrogen-bond acceptors (Lipinski definition) is 9. The van der Waals surface area contributed by atoms with Gasteiger partial charge in [0, 0.05) is 52.8 Å². The quantitative estimate of drug-likeness (QED) is 0.176. The number of nitrogens with zero attached hydrogens (tertiary/aromatic N) is 6. The van der Waals surface area contributed by atoms with E-state index in [4.69, 9.17) is 28.7 Å². The maximum atomic E-state index is 15.8. The molecule has 0 amide bonds. The predicted molar refractivity (Wildman–Crippen MR) is 178 cm³/mol. The number of carbonyl (C=O) groups is 1. The van der Waals surface area contributed by atoms with Crippen LogP contribution in [0.15, 0.2) is 41.1 Å². The van der Waals surface area contributed by atoms with E-state index < -0.39 is 23.5 Å². The van der Waals surface area contributed by atoms with Gasteiger partial charge >= 0.3 is 5.97 Å². The van der Waals surface area contributed by atoms with Crippen molar-refractivity contribution in [3.8, 4) is 39.8 Å². The predicted octanol–water partition coefficient (Wildman–Crippen LogP) is 6.95. The summed E-state index contributed by atoms with van der Waals surface area (Å²) in [4.78, 5) is 23.2. The molecule has 5 heterocycles. The molecule has 6 aromatic rings. The number of pyridine rings is 1. The number of fused-ring (bicyclic) bond motifs is 3. The molecule has 0 aliphatic carbocycles. The van der Waals surface area contributed by atoms with E-state index in [1.807, 2.05) is 77.5 Å². The number of hydrogen-bond donors (Lipinski definition) is 0. The number of carbonyl (C=O) groups excluding carboxylic acids is 1. The Morgan fingerprint density at radius 1 is 1.10 bits per heavy atom. The second-order valence-corrected chi connectivity index (χ2v) is 13.2. The van der Waals surface area contributed by atoms with Crippen molar-refractivity contribution in [2.45, 2.75) is 59.2 Å². The molecule has 0 fully saturated rings. The molecule has 0 N–H and O–H groups in total. The molecule has 11 nitrogen and oxygen atoms in total. The van der Waals surface area contributed by atoms with Crippen molar-refractivity contribution in [3.63, 3.8) is 0 Å². The van der Waals surface area contributed by atoms with Gasteiger partial charge in [-0.25, -0.2) is 14.2 Å². The van der Waals surface area contributed by atoms with E-state index in [2.05, 4.69) is 10.3 Å². The van der Waals surface area contributed by atoms with Crippen molar-refractivity contribution in [3.05, 3.63) is 64.7 Å². The number of benzene rings is 2. The van der Waals surface area contributed by atoms with Gasteiger partial charge in [0.25, 0.3) is 5.89 Å². The lowest BCUT2D eigenvalue weighted by molar-refractivity contribution is -0.164. The highest BCUT2D eigenvalue weighted by molar-refractivity contribution is 6.01. The van der Waals surface area contributed by atoms with Crippen LogP contribution < -0.4 is 4.74 Å². The molecule has 1 aliphatic rings. The molecule has 48 heavy (non-hydrogen) atoms. The van der Waals surface area contributed by atoms with Crippen molar-refractivity contribution in [1.82, 2.24) is 29.5 Å². The summed E-state index contributed by atoms with van der Waals surface area (Å²) >= 11 is 0. The van der Waals surface area contributed by atoms with Crippen molar-refractivity contribution in [2.24, 2.45) is 14.1 Å². The van der Waals surface area contributed by atoms with Crippen molar-refractivity contribution >= 4 is 27.9 Å². The third-order valence-electron chi connectivity index (χ3n) is 8.91. The lowest BCUT2D eigenvalue weighted by Gasteiger charge is -2.29. The number of methoxy groups -OCH3 is 1. The van der Waals surface area contributed by atoms with Gasteiger partial charge in [-0.1, -0.05) is 5.16 Å².